The van der Waals surface area contributed by atoms with Crippen molar-refractivity contribution in [3.8, 4) is 0 Å². The summed E-state index contributed by atoms with van der Waals surface area (Å²) in [6.07, 6.45) is 6.59. The molecule has 1 amide bonds. The average Bonchev–Trinajstić information content (AvgIpc) is 3.21. The topological polar surface area (TPSA) is 59.0 Å². The SMILES string of the molecule is O=C(c1cnccn1)N1CCC[C@@H]1c1nc2ccccc2s1. The Morgan fingerprint density at radius 2 is 2.18 bits per heavy atom. The number of likely N-dealkylation sites (tertiary alicyclic amines) is 1. The molecule has 5 nitrogen and oxygen atoms in total. The van der Waals surface area contributed by atoms with Gasteiger partial charge in [0.15, 0.2) is 0 Å². The van der Waals surface area contributed by atoms with Crippen molar-refractivity contribution in [2.45, 2.75) is 18.9 Å². The Kier molecular flexibility index (Phi) is 3.31. The van der Waals surface area contributed by atoms with Crippen LogP contribution in [-0.2, 0) is 0 Å². The highest BCUT2D eigenvalue weighted by molar-refractivity contribution is 7.18. The number of amides is 1. The van der Waals surface area contributed by atoms with Crippen LogP contribution in [-0.4, -0.2) is 32.3 Å². The van der Waals surface area contributed by atoms with E-state index in [0.717, 1.165) is 34.6 Å². The number of hydrogen-bond acceptors (Lipinski definition) is 5. The molecular formula is C16H14N4OS. The first-order valence-electron chi connectivity index (χ1n) is 7.25. The van der Waals surface area contributed by atoms with E-state index in [9.17, 15) is 4.79 Å². The molecule has 110 valence electrons. The number of para-hydroxylation sites is 1. The molecule has 6 heteroatoms. The third-order valence-corrected chi connectivity index (χ3v) is 5.03. The Morgan fingerprint density at radius 1 is 1.27 bits per heavy atom. The molecule has 22 heavy (non-hydrogen) atoms. The third-order valence-electron chi connectivity index (χ3n) is 3.89. The fraction of sp³-hybridized carbons (Fsp3) is 0.250. The summed E-state index contributed by atoms with van der Waals surface area (Å²) < 4.78 is 1.16. The van der Waals surface area contributed by atoms with Crippen LogP contribution in [0.1, 0.15) is 34.4 Å². The number of rotatable bonds is 2. The van der Waals surface area contributed by atoms with E-state index in [-0.39, 0.29) is 11.9 Å². The molecular weight excluding hydrogens is 296 g/mol. The summed E-state index contributed by atoms with van der Waals surface area (Å²) in [5.74, 6) is -0.0603. The van der Waals surface area contributed by atoms with Crippen molar-refractivity contribution in [2.75, 3.05) is 6.54 Å². The molecule has 0 spiro atoms. The van der Waals surface area contributed by atoms with Crippen LogP contribution >= 0.6 is 11.3 Å². The molecule has 0 saturated carbocycles. The lowest BCUT2D eigenvalue weighted by molar-refractivity contribution is 0.0729. The van der Waals surface area contributed by atoms with Crippen LogP contribution in [0, 0.1) is 0 Å². The van der Waals surface area contributed by atoms with Gasteiger partial charge in [0.05, 0.1) is 22.5 Å². The first-order valence-corrected chi connectivity index (χ1v) is 8.07. The normalized spacial score (nSPS) is 18.0. The van der Waals surface area contributed by atoms with Gasteiger partial charge >= 0.3 is 0 Å². The highest BCUT2D eigenvalue weighted by Gasteiger charge is 2.33. The molecule has 3 aromatic rings. The summed E-state index contributed by atoms with van der Waals surface area (Å²) in [5.41, 5.74) is 1.40. The van der Waals surface area contributed by atoms with Gasteiger partial charge in [0, 0.05) is 18.9 Å². The van der Waals surface area contributed by atoms with Crippen molar-refractivity contribution in [3.05, 3.63) is 53.6 Å². The first-order chi connectivity index (χ1) is 10.8. The monoisotopic (exact) mass is 310 g/mol. The lowest BCUT2D eigenvalue weighted by atomic mass is 10.2. The van der Waals surface area contributed by atoms with Gasteiger partial charge in [0.2, 0.25) is 0 Å². The smallest absolute Gasteiger partial charge is 0.274 e. The summed E-state index contributed by atoms with van der Waals surface area (Å²) in [6.45, 7) is 0.746. The van der Waals surface area contributed by atoms with Crippen LogP contribution in [0.3, 0.4) is 0 Å². The van der Waals surface area contributed by atoms with Gasteiger partial charge in [-0.05, 0) is 25.0 Å². The summed E-state index contributed by atoms with van der Waals surface area (Å²) >= 11 is 1.67. The maximum absolute atomic E-state index is 12.6. The fourth-order valence-corrected chi connectivity index (χ4v) is 3.97. The zero-order valence-corrected chi connectivity index (χ0v) is 12.7. The number of carbonyl (C=O) groups is 1. The van der Waals surface area contributed by atoms with Gasteiger partial charge < -0.3 is 4.90 Å². The lowest BCUT2D eigenvalue weighted by Crippen LogP contribution is -2.31. The zero-order chi connectivity index (χ0) is 14.9. The van der Waals surface area contributed by atoms with E-state index >= 15 is 0 Å². The van der Waals surface area contributed by atoms with Crippen molar-refractivity contribution in [3.63, 3.8) is 0 Å². The second-order valence-electron chi connectivity index (χ2n) is 5.27. The number of fused-ring (bicyclic) bond motifs is 1. The van der Waals surface area contributed by atoms with Crippen LogP contribution < -0.4 is 0 Å². The van der Waals surface area contributed by atoms with Gasteiger partial charge in [-0.15, -0.1) is 11.3 Å². The Morgan fingerprint density at radius 3 is 3.00 bits per heavy atom. The first kappa shape index (κ1) is 13.3. The Bertz CT molecular complexity index is 784. The minimum atomic E-state index is -0.0603. The molecule has 0 radical (unpaired) electrons. The highest BCUT2D eigenvalue weighted by atomic mass is 32.1. The van der Waals surface area contributed by atoms with Crippen LogP contribution in [0.5, 0.6) is 0 Å². The van der Waals surface area contributed by atoms with Gasteiger partial charge in [0.1, 0.15) is 10.7 Å². The maximum Gasteiger partial charge on any atom is 0.274 e. The molecule has 1 aliphatic heterocycles. The van der Waals surface area contributed by atoms with Gasteiger partial charge in [0.25, 0.3) is 5.91 Å². The van der Waals surface area contributed by atoms with Gasteiger partial charge in [-0.2, -0.15) is 0 Å². The summed E-state index contributed by atoms with van der Waals surface area (Å²) in [4.78, 5) is 27.3. The standard InChI is InChI=1S/C16H14N4OS/c21-16(12-10-17-7-8-18-12)20-9-3-5-13(20)15-19-11-4-1-2-6-14(11)22-15/h1-2,4,6-8,10,13H,3,5,9H2/t13-/m1/s1. The van der Waals surface area contributed by atoms with E-state index < -0.39 is 0 Å². The van der Waals surface area contributed by atoms with E-state index in [1.165, 1.54) is 6.20 Å². The fourth-order valence-electron chi connectivity index (χ4n) is 2.86. The average molecular weight is 310 g/mol. The van der Waals surface area contributed by atoms with Crippen LogP contribution in [0.15, 0.2) is 42.9 Å². The maximum atomic E-state index is 12.6. The number of carbonyl (C=O) groups excluding carboxylic acids is 1. The Hall–Kier alpha value is -2.34. The predicted molar refractivity (Wildman–Crippen MR) is 84.7 cm³/mol. The molecule has 0 bridgehead atoms. The summed E-state index contributed by atoms with van der Waals surface area (Å²) in [6, 6.07) is 8.14. The van der Waals surface area contributed by atoms with Gasteiger partial charge in [-0.25, -0.2) is 9.97 Å². The number of benzene rings is 1. The van der Waals surface area contributed by atoms with Crippen LogP contribution in [0.25, 0.3) is 10.2 Å². The lowest BCUT2D eigenvalue weighted by Gasteiger charge is -2.22. The van der Waals surface area contributed by atoms with Gasteiger partial charge in [-0.1, -0.05) is 12.1 Å². The predicted octanol–water partition coefficient (Wildman–Crippen LogP) is 3.06. The van der Waals surface area contributed by atoms with Crippen molar-refractivity contribution in [1.82, 2.24) is 19.9 Å². The van der Waals surface area contributed by atoms with E-state index in [0.29, 0.717) is 5.69 Å². The number of nitrogens with zero attached hydrogens (tertiary/aromatic N) is 4. The largest absolute Gasteiger partial charge is 0.328 e. The molecule has 0 N–H and O–H groups in total. The van der Waals surface area contributed by atoms with E-state index in [4.69, 9.17) is 4.98 Å². The Labute approximate surface area is 131 Å². The molecule has 2 aromatic heterocycles. The second-order valence-corrected chi connectivity index (χ2v) is 6.33. The summed E-state index contributed by atoms with van der Waals surface area (Å²) in [5, 5.41) is 1.01. The van der Waals surface area contributed by atoms with Crippen molar-refractivity contribution in [2.24, 2.45) is 0 Å². The Balaban J connectivity index is 1.67. The molecule has 0 aliphatic carbocycles. The molecule has 1 aromatic carbocycles. The van der Waals surface area contributed by atoms with Crippen molar-refractivity contribution >= 4 is 27.5 Å². The van der Waals surface area contributed by atoms with Crippen LogP contribution in [0.2, 0.25) is 0 Å². The number of hydrogen-bond donors (Lipinski definition) is 0. The van der Waals surface area contributed by atoms with E-state index in [1.54, 1.807) is 23.7 Å². The minimum absolute atomic E-state index is 0.0481. The molecule has 1 aliphatic rings. The molecule has 1 fully saturated rings. The number of thiazole rings is 1. The van der Waals surface area contributed by atoms with E-state index in [2.05, 4.69) is 16.0 Å². The van der Waals surface area contributed by atoms with Crippen LogP contribution in [0.4, 0.5) is 0 Å². The van der Waals surface area contributed by atoms with E-state index in [1.807, 2.05) is 23.1 Å². The van der Waals surface area contributed by atoms with Crippen molar-refractivity contribution in [1.29, 1.82) is 0 Å². The second kappa shape index (κ2) is 5.46. The molecule has 4 rings (SSSR count). The molecule has 1 atom stereocenters. The van der Waals surface area contributed by atoms with Crippen molar-refractivity contribution < 1.29 is 4.79 Å². The molecule has 0 unspecified atom stereocenters. The van der Waals surface area contributed by atoms with Gasteiger partial charge in [-0.3, -0.25) is 9.78 Å². The molecule has 3 heterocycles. The quantitative estimate of drug-likeness (QED) is 0.730. The zero-order valence-electron chi connectivity index (χ0n) is 11.8. The summed E-state index contributed by atoms with van der Waals surface area (Å²) in [7, 11) is 0. The molecule has 1 saturated heterocycles. The number of aromatic nitrogens is 3. The third kappa shape index (κ3) is 2.25. The highest BCUT2D eigenvalue weighted by Crippen LogP contribution is 2.36. The minimum Gasteiger partial charge on any atom is -0.328 e.